The summed E-state index contributed by atoms with van der Waals surface area (Å²) in [6.07, 6.45) is 0. The highest BCUT2D eigenvalue weighted by molar-refractivity contribution is 6.23. The molecule has 6 aromatic rings. The van der Waals surface area contributed by atoms with Crippen molar-refractivity contribution in [2.45, 2.75) is 0 Å². The van der Waals surface area contributed by atoms with E-state index in [4.69, 9.17) is 0 Å². The number of hydrogen-bond acceptors (Lipinski definition) is 2. The molecular weight excluding hydrogens is 358 g/mol. The molecule has 0 fully saturated rings. The Bertz CT molecular complexity index is 1570. The van der Waals surface area contributed by atoms with E-state index in [1.54, 1.807) is 12.1 Å². The average Bonchev–Trinajstić information content (AvgIpc) is 3.06. The Morgan fingerprint density at radius 3 is 2.14 bits per heavy atom. The van der Waals surface area contributed by atoms with Crippen molar-refractivity contribution >= 4 is 43.4 Å². The van der Waals surface area contributed by atoms with Gasteiger partial charge in [0.2, 0.25) is 0 Å². The lowest BCUT2D eigenvalue weighted by Crippen LogP contribution is -1.95. The minimum atomic E-state index is 0.218. The molecule has 1 heterocycles. The summed E-state index contributed by atoms with van der Waals surface area (Å²) in [5.74, 6) is 0.469. The van der Waals surface area contributed by atoms with Crippen molar-refractivity contribution in [3.05, 3.63) is 91.0 Å². The molecule has 3 nitrogen and oxygen atoms in total. The molecule has 5 aromatic carbocycles. The van der Waals surface area contributed by atoms with Crippen molar-refractivity contribution in [1.82, 2.24) is 4.57 Å². The molecule has 3 heteroatoms. The second kappa shape index (κ2) is 5.76. The van der Waals surface area contributed by atoms with Gasteiger partial charge in [0.25, 0.3) is 0 Å². The van der Waals surface area contributed by atoms with Crippen LogP contribution in [0.15, 0.2) is 91.0 Å². The standard InChI is InChI=1S/C26H17NO2/c28-17-12-13-21-23(14-17)27(22-11-5-7-16-6-1-2-8-18(16)22)24-15-25(29)19-9-3-4-10-20(19)26(21)24/h1-15,28-29H. The van der Waals surface area contributed by atoms with Crippen LogP contribution in [0.25, 0.3) is 49.0 Å². The third-order valence-corrected chi connectivity index (χ3v) is 5.74. The maximum atomic E-state index is 10.8. The van der Waals surface area contributed by atoms with Crippen LogP contribution in [0.3, 0.4) is 0 Å². The first kappa shape index (κ1) is 16.0. The van der Waals surface area contributed by atoms with Crippen LogP contribution < -0.4 is 0 Å². The molecule has 0 atom stereocenters. The third-order valence-electron chi connectivity index (χ3n) is 5.74. The van der Waals surface area contributed by atoms with Crippen LogP contribution in [0.5, 0.6) is 11.5 Å². The van der Waals surface area contributed by atoms with Crippen LogP contribution >= 0.6 is 0 Å². The molecule has 0 spiro atoms. The average molecular weight is 375 g/mol. The summed E-state index contributed by atoms with van der Waals surface area (Å²) in [7, 11) is 0. The van der Waals surface area contributed by atoms with Gasteiger partial charge in [0.15, 0.2) is 0 Å². The van der Waals surface area contributed by atoms with Gasteiger partial charge in [-0.3, -0.25) is 0 Å². The minimum Gasteiger partial charge on any atom is -0.508 e. The molecule has 1 aromatic heterocycles. The van der Waals surface area contributed by atoms with E-state index in [0.29, 0.717) is 0 Å². The monoisotopic (exact) mass is 375 g/mol. The van der Waals surface area contributed by atoms with Crippen LogP contribution in [0.2, 0.25) is 0 Å². The number of aromatic hydroxyl groups is 2. The highest BCUT2D eigenvalue weighted by atomic mass is 16.3. The lowest BCUT2D eigenvalue weighted by atomic mass is 10.0. The maximum absolute atomic E-state index is 10.8. The predicted octanol–water partition coefficient (Wildman–Crippen LogP) is 6.50. The Balaban J connectivity index is 1.91. The predicted molar refractivity (Wildman–Crippen MR) is 119 cm³/mol. The molecule has 138 valence electrons. The minimum absolute atomic E-state index is 0.218. The van der Waals surface area contributed by atoms with Gasteiger partial charge in [0.1, 0.15) is 11.5 Å². The second-order valence-electron chi connectivity index (χ2n) is 7.37. The molecule has 0 saturated carbocycles. The van der Waals surface area contributed by atoms with Gasteiger partial charge in [0.05, 0.1) is 16.7 Å². The highest BCUT2D eigenvalue weighted by Crippen LogP contribution is 2.42. The quantitative estimate of drug-likeness (QED) is 0.344. The Morgan fingerprint density at radius 2 is 1.28 bits per heavy atom. The van der Waals surface area contributed by atoms with E-state index in [1.807, 2.05) is 54.6 Å². The maximum Gasteiger partial charge on any atom is 0.125 e. The van der Waals surface area contributed by atoms with Crippen molar-refractivity contribution in [2.75, 3.05) is 0 Å². The lowest BCUT2D eigenvalue weighted by molar-refractivity contribution is 0.476. The largest absolute Gasteiger partial charge is 0.508 e. The molecule has 0 amide bonds. The molecule has 0 saturated heterocycles. The fourth-order valence-corrected chi connectivity index (χ4v) is 4.51. The normalized spacial score (nSPS) is 11.7. The van der Waals surface area contributed by atoms with E-state index in [9.17, 15) is 10.2 Å². The van der Waals surface area contributed by atoms with Gasteiger partial charge in [-0.25, -0.2) is 0 Å². The first-order valence-electron chi connectivity index (χ1n) is 9.58. The van der Waals surface area contributed by atoms with Gasteiger partial charge in [-0.05, 0) is 29.0 Å². The second-order valence-corrected chi connectivity index (χ2v) is 7.37. The van der Waals surface area contributed by atoms with E-state index in [0.717, 1.165) is 49.0 Å². The number of hydrogen-bond donors (Lipinski definition) is 2. The SMILES string of the molecule is Oc1ccc2c3c4ccccc4c(O)cc3n(-c3cccc4ccccc34)c2c1. The summed E-state index contributed by atoms with van der Waals surface area (Å²) in [6.45, 7) is 0. The van der Waals surface area contributed by atoms with E-state index >= 15 is 0 Å². The number of benzene rings is 5. The Kier molecular flexibility index (Phi) is 3.18. The zero-order chi connectivity index (χ0) is 19.5. The van der Waals surface area contributed by atoms with Gasteiger partial charge >= 0.3 is 0 Å². The third kappa shape index (κ3) is 2.18. The topological polar surface area (TPSA) is 45.4 Å². The number of rotatable bonds is 1. The van der Waals surface area contributed by atoms with Gasteiger partial charge in [-0.15, -0.1) is 0 Å². The fourth-order valence-electron chi connectivity index (χ4n) is 4.51. The Labute approximate surface area is 166 Å². The molecule has 2 N–H and O–H groups in total. The van der Waals surface area contributed by atoms with E-state index in [2.05, 4.69) is 28.8 Å². The molecule has 0 unspecified atom stereocenters. The summed E-state index contributed by atoms with van der Waals surface area (Å²) >= 11 is 0. The van der Waals surface area contributed by atoms with Crippen molar-refractivity contribution in [1.29, 1.82) is 0 Å². The first-order valence-corrected chi connectivity index (χ1v) is 9.58. The van der Waals surface area contributed by atoms with Gasteiger partial charge in [-0.2, -0.15) is 0 Å². The fraction of sp³-hybridized carbons (Fsp3) is 0. The molecule has 29 heavy (non-hydrogen) atoms. The first-order chi connectivity index (χ1) is 14.2. The van der Waals surface area contributed by atoms with Crippen LogP contribution in [-0.4, -0.2) is 14.8 Å². The number of nitrogens with zero attached hydrogens (tertiary/aromatic N) is 1. The summed E-state index contributed by atoms with van der Waals surface area (Å²) in [6, 6.07) is 29.7. The van der Waals surface area contributed by atoms with E-state index < -0.39 is 0 Å². The highest BCUT2D eigenvalue weighted by Gasteiger charge is 2.18. The van der Waals surface area contributed by atoms with Gasteiger partial charge in [0, 0.05) is 33.7 Å². The zero-order valence-corrected chi connectivity index (χ0v) is 15.5. The lowest BCUT2D eigenvalue weighted by Gasteiger charge is -2.12. The molecule has 0 aliphatic carbocycles. The molecule has 0 bridgehead atoms. The summed E-state index contributed by atoms with van der Waals surface area (Å²) in [5.41, 5.74) is 2.84. The molecule has 0 aliphatic heterocycles. The van der Waals surface area contributed by atoms with Crippen LogP contribution in [0, 0.1) is 0 Å². The summed E-state index contributed by atoms with van der Waals surface area (Å²) in [5, 5.41) is 27.2. The number of phenols is 2. The molecular formula is C26H17NO2. The van der Waals surface area contributed by atoms with Crippen LogP contribution in [0.4, 0.5) is 0 Å². The Morgan fingerprint density at radius 1 is 0.552 bits per heavy atom. The van der Waals surface area contributed by atoms with E-state index in [1.165, 1.54) is 0 Å². The molecule has 0 aliphatic rings. The number of aromatic nitrogens is 1. The van der Waals surface area contributed by atoms with Crippen molar-refractivity contribution in [2.24, 2.45) is 0 Å². The van der Waals surface area contributed by atoms with Crippen LogP contribution in [0.1, 0.15) is 0 Å². The smallest absolute Gasteiger partial charge is 0.125 e. The van der Waals surface area contributed by atoms with E-state index in [-0.39, 0.29) is 11.5 Å². The van der Waals surface area contributed by atoms with Crippen molar-refractivity contribution in [3.63, 3.8) is 0 Å². The van der Waals surface area contributed by atoms with Crippen molar-refractivity contribution in [3.8, 4) is 17.2 Å². The van der Waals surface area contributed by atoms with Gasteiger partial charge < -0.3 is 14.8 Å². The van der Waals surface area contributed by atoms with Gasteiger partial charge in [-0.1, -0.05) is 60.7 Å². The number of fused-ring (bicyclic) bond motifs is 6. The molecule has 0 radical (unpaired) electrons. The number of phenolic OH excluding ortho intramolecular Hbond substituents is 2. The summed E-state index contributed by atoms with van der Waals surface area (Å²) in [4.78, 5) is 0. The van der Waals surface area contributed by atoms with Crippen LogP contribution in [-0.2, 0) is 0 Å². The zero-order valence-electron chi connectivity index (χ0n) is 15.5. The van der Waals surface area contributed by atoms with Crippen molar-refractivity contribution < 1.29 is 10.2 Å². The summed E-state index contributed by atoms with van der Waals surface area (Å²) < 4.78 is 2.14. The molecule has 6 rings (SSSR count). The Hall–Kier alpha value is -3.98.